The second-order valence-corrected chi connectivity index (χ2v) is 4.18. The first-order valence-electron chi connectivity index (χ1n) is 5.42. The monoisotopic (exact) mass is 291 g/mol. The molecule has 0 saturated heterocycles. The number of aromatic carboxylic acids is 1. The lowest BCUT2D eigenvalue weighted by Crippen LogP contribution is -2.03. The second-order valence-electron chi connectivity index (χ2n) is 3.77. The molecule has 0 atom stereocenters. The maximum atomic E-state index is 13.5. The van der Waals surface area contributed by atoms with Gasteiger partial charge in [-0.05, 0) is 24.3 Å². The van der Waals surface area contributed by atoms with Crippen LogP contribution in [0.25, 0.3) is 0 Å². The van der Waals surface area contributed by atoms with Gasteiger partial charge in [-0.2, -0.15) is 5.26 Å². The molecular weight excluding hydrogens is 285 g/mol. The van der Waals surface area contributed by atoms with Gasteiger partial charge in [0, 0.05) is 6.07 Å². The number of benzene rings is 2. The van der Waals surface area contributed by atoms with Crippen molar-refractivity contribution in [1.82, 2.24) is 0 Å². The van der Waals surface area contributed by atoms with Crippen molar-refractivity contribution >= 4 is 17.6 Å². The van der Waals surface area contributed by atoms with Gasteiger partial charge >= 0.3 is 5.97 Å². The fourth-order valence-electron chi connectivity index (χ4n) is 1.57. The molecule has 0 fully saturated rings. The summed E-state index contributed by atoms with van der Waals surface area (Å²) >= 11 is 5.84. The van der Waals surface area contributed by atoms with E-state index in [4.69, 9.17) is 26.7 Å². The highest BCUT2D eigenvalue weighted by molar-refractivity contribution is 6.31. The summed E-state index contributed by atoms with van der Waals surface area (Å²) in [7, 11) is 0. The second kappa shape index (κ2) is 5.59. The maximum absolute atomic E-state index is 13.5. The molecule has 0 aliphatic rings. The predicted molar refractivity (Wildman–Crippen MR) is 69.6 cm³/mol. The normalized spacial score (nSPS) is 9.85. The van der Waals surface area contributed by atoms with Gasteiger partial charge in [0.2, 0.25) is 0 Å². The number of ether oxygens (including phenoxy) is 1. The number of nitrogens with zero attached hydrogens (tertiary/aromatic N) is 1. The molecule has 0 spiro atoms. The number of hydrogen-bond acceptors (Lipinski definition) is 3. The van der Waals surface area contributed by atoms with Gasteiger partial charge in [-0.1, -0.05) is 17.7 Å². The Morgan fingerprint density at radius 3 is 2.70 bits per heavy atom. The number of rotatable bonds is 3. The Balaban J connectivity index is 2.41. The van der Waals surface area contributed by atoms with Gasteiger partial charge in [0.1, 0.15) is 28.9 Å². The molecule has 0 bridgehead atoms. The molecule has 0 aliphatic carbocycles. The van der Waals surface area contributed by atoms with Crippen molar-refractivity contribution in [3.8, 4) is 17.6 Å². The standard InChI is InChI=1S/C14H7ClFNO3/c15-10-6-9(5-4-8(10)7-17)20-12-3-1-2-11(16)13(12)14(18)19/h1-6H,(H,18,19). The lowest BCUT2D eigenvalue weighted by Gasteiger charge is -2.09. The highest BCUT2D eigenvalue weighted by Crippen LogP contribution is 2.29. The predicted octanol–water partition coefficient (Wildman–Crippen LogP) is 3.84. The molecule has 100 valence electrons. The number of carboxylic acids is 1. The van der Waals surface area contributed by atoms with Crippen LogP contribution in [0.15, 0.2) is 36.4 Å². The Hall–Kier alpha value is -2.58. The summed E-state index contributed by atoms with van der Waals surface area (Å²) in [6.07, 6.45) is 0. The zero-order chi connectivity index (χ0) is 14.7. The third-order valence-electron chi connectivity index (χ3n) is 2.48. The van der Waals surface area contributed by atoms with E-state index in [0.717, 1.165) is 6.07 Å². The third-order valence-corrected chi connectivity index (χ3v) is 2.79. The van der Waals surface area contributed by atoms with Crippen LogP contribution in [0.4, 0.5) is 4.39 Å². The minimum atomic E-state index is -1.43. The topological polar surface area (TPSA) is 70.3 Å². The molecule has 4 nitrogen and oxygen atoms in total. The van der Waals surface area contributed by atoms with E-state index < -0.39 is 17.3 Å². The van der Waals surface area contributed by atoms with E-state index in [0.29, 0.717) is 0 Å². The van der Waals surface area contributed by atoms with E-state index in [1.54, 1.807) is 0 Å². The molecular formula is C14H7ClFNO3. The Morgan fingerprint density at radius 2 is 2.10 bits per heavy atom. The summed E-state index contributed by atoms with van der Waals surface area (Å²) < 4.78 is 18.8. The van der Waals surface area contributed by atoms with Gasteiger partial charge in [0.15, 0.2) is 0 Å². The third kappa shape index (κ3) is 2.71. The van der Waals surface area contributed by atoms with Crippen LogP contribution < -0.4 is 4.74 Å². The summed E-state index contributed by atoms with van der Waals surface area (Å²) in [5, 5.41) is 17.9. The van der Waals surface area contributed by atoms with Crippen LogP contribution in [0.2, 0.25) is 5.02 Å². The fraction of sp³-hybridized carbons (Fsp3) is 0. The lowest BCUT2D eigenvalue weighted by molar-refractivity contribution is 0.0689. The van der Waals surface area contributed by atoms with E-state index >= 15 is 0 Å². The molecule has 0 saturated carbocycles. The van der Waals surface area contributed by atoms with Crippen molar-refractivity contribution in [3.63, 3.8) is 0 Å². The van der Waals surface area contributed by atoms with Gasteiger partial charge in [0.05, 0.1) is 10.6 Å². The SMILES string of the molecule is N#Cc1ccc(Oc2cccc(F)c2C(=O)O)cc1Cl. The molecule has 0 heterocycles. The highest BCUT2D eigenvalue weighted by Gasteiger charge is 2.17. The maximum Gasteiger partial charge on any atom is 0.342 e. The van der Waals surface area contributed by atoms with Crippen LogP contribution in [0, 0.1) is 17.1 Å². The first-order valence-corrected chi connectivity index (χ1v) is 5.80. The number of carboxylic acid groups (broad SMARTS) is 1. The van der Waals surface area contributed by atoms with Crippen molar-refractivity contribution in [3.05, 3.63) is 58.4 Å². The average molecular weight is 292 g/mol. The van der Waals surface area contributed by atoms with Crippen molar-refractivity contribution in [2.24, 2.45) is 0 Å². The molecule has 2 rings (SSSR count). The van der Waals surface area contributed by atoms with E-state index in [1.807, 2.05) is 6.07 Å². The van der Waals surface area contributed by atoms with Crippen molar-refractivity contribution < 1.29 is 19.0 Å². The van der Waals surface area contributed by atoms with Gasteiger partial charge in [-0.25, -0.2) is 9.18 Å². The summed E-state index contributed by atoms with van der Waals surface area (Å²) in [5.74, 6) is -2.26. The molecule has 0 aromatic heterocycles. The zero-order valence-corrected chi connectivity index (χ0v) is 10.7. The lowest BCUT2D eigenvalue weighted by atomic mass is 10.2. The van der Waals surface area contributed by atoms with Crippen LogP contribution in [0.5, 0.6) is 11.5 Å². The van der Waals surface area contributed by atoms with E-state index in [2.05, 4.69) is 0 Å². The first-order chi connectivity index (χ1) is 9.52. The van der Waals surface area contributed by atoms with Gasteiger partial charge < -0.3 is 9.84 Å². The summed E-state index contributed by atoms with van der Waals surface area (Å²) in [5.41, 5.74) is -0.301. The quantitative estimate of drug-likeness (QED) is 0.932. The summed E-state index contributed by atoms with van der Waals surface area (Å²) in [6.45, 7) is 0. The minimum Gasteiger partial charge on any atom is -0.477 e. The zero-order valence-electron chi connectivity index (χ0n) is 9.93. The van der Waals surface area contributed by atoms with Crippen LogP contribution in [-0.2, 0) is 0 Å². The van der Waals surface area contributed by atoms with Crippen LogP contribution in [0.1, 0.15) is 15.9 Å². The number of nitriles is 1. The van der Waals surface area contributed by atoms with Crippen LogP contribution >= 0.6 is 11.6 Å². The summed E-state index contributed by atoms with van der Waals surface area (Å²) in [6, 6.07) is 9.81. The first kappa shape index (κ1) is 13.8. The number of carbonyl (C=O) groups is 1. The Labute approximate surface area is 118 Å². The molecule has 0 amide bonds. The van der Waals surface area contributed by atoms with Crippen LogP contribution in [-0.4, -0.2) is 11.1 Å². The van der Waals surface area contributed by atoms with Crippen molar-refractivity contribution in [2.75, 3.05) is 0 Å². The number of halogens is 2. The average Bonchev–Trinajstić information content (AvgIpc) is 2.38. The molecule has 0 aliphatic heterocycles. The largest absolute Gasteiger partial charge is 0.477 e. The highest BCUT2D eigenvalue weighted by atomic mass is 35.5. The Morgan fingerprint density at radius 1 is 1.35 bits per heavy atom. The van der Waals surface area contributed by atoms with Gasteiger partial charge in [0.25, 0.3) is 0 Å². The van der Waals surface area contributed by atoms with E-state index in [-0.39, 0.29) is 22.1 Å². The van der Waals surface area contributed by atoms with E-state index in [9.17, 15) is 9.18 Å². The molecule has 20 heavy (non-hydrogen) atoms. The molecule has 2 aromatic rings. The molecule has 0 radical (unpaired) electrons. The van der Waals surface area contributed by atoms with Gasteiger partial charge in [-0.15, -0.1) is 0 Å². The number of hydrogen-bond donors (Lipinski definition) is 1. The van der Waals surface area contributed by atoms with Crippen LogP contribution in [0.3, 0.4) is 0 Å². The smallest absolute Gasteiger partial charge is 0.342 e. The molecule has 6 heteroatoms. The molecule has 0 unspecified atom stereocenters. The van der Waals surface area contributed by atoms with E-state index in [1.165, 1.54) is 30.3 Å². The molecule has 2 aromatic carbocycles. The Kier molecular flexibility index (Phi) is 3.87. The minimum absolute atomic E-state index is 0.140. The Bertz CT molecular complexity index is 725. The van der Waals surface area contributed by atoms with Crippen molar-refractivity contribution in [1.29, 1.82) is 5.26 Å². The van der Waals surface area contributed by atoms with Gasteiger partial charge in [-0.3, -0.25) is 0 Å². The molecule has 1 N–H and O–H groups in total. The van der Waals surface area contributed by atoms with Crippen molar-refractivity contribution in [2.45, 2.75) is 0 Å². The fourth-order valence-corrected chi connectivity index (χ4v) is 1.79. The summed E-state index contributed by atoms with van der Waals surface area (Å²) in [4.78, 5) is 11.0.